The smallest absolute Gasteiger partial charge is 0.110 e. The summed E-state index contributed by atoms with van der Waals surface area (Å²) in [5, 5.41) is 0. The molecule has 1 saturated heterocycles. The Hall–Kier alpha value is -3.63. The van der Waals surface area contributed by atoms with Gasteiger partial charge in [-0.3, -0.25) is 0 Å². The van der Waals surface area contributed by atoms with Gasteiger partial charge in [0.2, 0.25) is 0 Å². The van der Waals surface area contributed by atoms with Crippen molar-refractivity contribution in [1.29, 1.82) is 0 Å². The lowest BCUT2D eigenvalue weighted by Crippen LogP contribution is -2.29. The lowest BCUT2D eigenvalue weighted by atomic mass is 9.94. The molecule has 0 spiro atoms. The third-order valence-electron chi connectivity index (χ3n) is 7.32. The second-order valence-corrected chi connectivity index (χ2v) is 10.4. The van der Waals surface area contributed by atoms with Gasteiger partial charge in [-0.25, -0.2) is 4.98 Å². The van der Waals surface area contributed by atoms with E-state index in [2.05, 4.69) is 97.8 Å². The molecular formula is C40H55N4. The first-order valence-electron chi connectivity index (χ1n) is 15.9. The molecule has 5 rings (SSSR count). The van der Waals surface area contributed by atoms with Gasteiger partial charge in [-0.05, 0) is 97.2 Å². The van der Waals surface area contributed by atoms with Crippen LogP contribution >= 0.6 is 0 Å². The molecule has 3 aromatic carbocycles. The maximum atomic E-state index is 6.08. The maximum Gasteiger partial charge on any atom is 0.110 e. The monoisotopic (exact) mass is 591 g/mol. The average molecular weight is 592 g/mol. The van der Waals surface area contributed by atoms with Gasteiger partial charge in [0.25, 0.3) is 0 Å². The number of hydrogen-bond acceptors (Lipinski definition) is 3. The molecule has 0 atom stereocenters. The van der Waals surface area contributed by atoms with E-state index in [9.17, 15) is 0 Å². The van der Waals surface area contributed by atoms with Crippen molar-refractivity contribution in [3.05, 3.63) is 124 Å². The number of nitrogens with zero attached hydrogens (tertiary/aromatic N) is 3. The number of allylic oxidation sites excluding steroid dienone is 1. The summed E-state index contributed by atoms with van der Waals surface area (Å²) in [5.41, 5.74) is 9.71. The molecule has 1 aliphatic heterocycles. The van der Waals surface area contributed by atoms with Crippen LogP contribution in [0.15, 0.2) is 67.8 Å². The van der Waals surface area contributed by atoms with Gasteiger partial charge >= 0.3 is 0 Å². The van der Waals surface area contributed by atoms with Crippen molar-refractivity contribution >= 4 is 22.3 Å². The molecule has 1 aromatic heterocycles. The molecule has 0 amide bonds. The van der Waals surface area contributed by atoms with Gasteiger partial charge in [-0.15, -0.1) is 13.2 Å². The first kappa shape index (κ1) is 38.4. The van der Waals surface area contributed by atoms with Crippen LogP contribution in [-0.4, -0.2) is 22.6 Å². The highest BCUT2D eigenvalue weighted by atomic mass is 15.1. The van der Waals surface area contributed by atoms with Gasteiger partial charge in [-0.2, -0.15) is 0 Å². The second-order valence-electron chi connectivity index (χ2n) is 10.4. The molecule has 5 radical (unpaired) electrons. The Kier molecular flexibility index (Phi) is 17.8. The lowest BCUT2D eigenvalue weighted by Gasteiger charge is -2.29. The van der Waals surface area contributed by atoms with Crippen LogP contribution in [0.3, 0.4) is 0 Å². The summed E-state index contributed by atoms with van der Waals surface area (Å²) in [6.07, 6.45) is 8.41. The number of benzene rings is 3. The first-order chi connectivity index (χ1) is 21.0. The average Bonchev–Trinajstić information content (AvgIpc) is 3.37. The van der Waals surface area contributed by atoms with Crippen molar-refractivity contribution in [3.63, 3.8) is 0 Å². The number of para-hydroxylation sites is 1. The van der Waals surface area contributed by atoms with E-state index >= 15 is 0 Å². The number of imidazole rings is 1. The Bertz CT molecular complexity index is 1390. The molecule has 3 N–H and O–H groups in total. The van der Waals surface area contributed by atoms with E-state index < -0.39 is 0 Å². The summed E-state index contributed by atoms with van der Waals surface area (Å²) >= 11 is 0. The van der Waals surface area contributed by atoms with Crippen LogP contribution in [0.25, 0.3) is 27.7 Å². The van der Waals surface area contributed by atoms with E-state index in [1.807, 2.05) is 39.0 Å². The zero-order chi connectivity index (χ0) is 31.8. The predicted molar refractivity (Wildman–Crippen MR) is 195 cm³/mol. The molecule has 1 fully saturated rings. The van der Waals surface area contributed by atoms with Crippen molar-refractivity contribution in [2.75, 3.05) is 18.0 Å². The number of fused-ring (bicyclic) bond motifs is 1. The molecule has 4 aromatic rings. The highest BCUT2D eigenvalue weighted by Gasteiger charge is 2.15. The fourth-order valence-corrected chi connectivity index (χ4v) is 5.32. The molecule has 0 saturated carbocycles. The van der Waals surface area contributed by atoms with Crippen molar-refractivity contribution in [2.45, 2.75) is 79.2 Å². The second kappa shape index (κ2) is 20.3. The fraction of sp³-hybridized carbons (Fsp3) is 0.350. The Morgan fingerprint density at radius 2 is 1.68 bits per heavy atom. The number of unbranched alkanes of at least 4 members (excludes halogenated alkanes) is 1. The normalized spacial score (nSPS) is 12.0. The zero-order valence-corrected chi connectivity index (χ0v) is 27.9. The molecule has 1 aliphatic rings. The van der Waals surface area contributed by atoms with Gasteiger partial charge in [0.15, 0.2) is 0 Å². The van der Waals surface area contributed by atoms with Crippen LogP contribution in [0.2, 0.25) is 0 Å². The molecule has 0 aliphatic carbocycles. The van der Waals surface area contributed by atoms with E-state index in [0.29, 0.717) is 17.9 Å². The number of rotatable bonds is 8. The summed E-state index contributed by atoms with van der Waals surface area (Å²) < 4.78 is 2.11. The van der Waals surface area contributed by atoms with Gasteiger partial charge in [0.05, 0.1) is 11.0 Å². The highest BCUT2D eigenvalue weighted by molar-refractivity contribution is 5.90. The molecule has 4 nitrogen and oxygen atoms in total. The number of anilines is 1. The van der Waals surface area contributed by atoms with E-state index in [-0.39, 0.29) is 6.15 Å². The molecule has 0 bridgehead atoms. The third kappa shape index (κ3) is 9.95. The third-order valence-corrected chi connectivity index (χ3v) is 7.32. The number of aromatic nitrogens is 2. The van der Waals surface area contributed by atoms with Crippen molar-refractivity contribution in [1.82, 2.24) is 15.7 Å². The predicted octanol–water partition coefficient (Wildman–Crippen LogP) is 10.9. The molecule has 2 heterocycles. The van der Waals surface area contributed by atoms with Crippen LogP contribution in [-0.2, 0) is 13.0 Å². The van der Waals surface area contributed by atoms with Crippen LogP contribution in [0, 0.1) is 33.4 Å². The van der Waals surface area contributed by atoms with E-state index in [4.69, 9.17) is 6.58 Å². The van der Waals surface area contributed by atoms with Crippen LogP contribution in [0.5, 0.6) is 0 Å². The Labute approximate surface area is 269 Å². The summed E-state index contributed by atoms with van der Waals surface area (Å²) in [6.45, 7) is 34.9. The molecule has 235 valence electrons. The fourth-order valence-electron chi connectivity index (χ4n) is 5.32. The number of piperidine rings is 1. The summed E-state index contributed by atoms with van der Waals surface area (Å²) in [6, 6.07) is 23.1. The van der Waals surface area contributed by atoms with E-state index in [1.54, 1.807) is 0 Å². The Balaban J connectivity index is 0.00000112. The quantitative estimate of drug-likeness (QED) is 0.207. The largest absolute Gasteiger partial charge is 0.372 e. The SMILES string of the molecule is C=C.CC.N.[CH2]CC.[CH]=C([CH2])c1cccc2nc([CH2])n(Cc3[c]cc(-c4cc(N5CCCCC5)ccc4CCCC)cc3)c12. The van der Waals surface area contributed by atoms with Crippen molar-refractivity contribution < 1.29 is 0 Å². The van der Waals surface area contributed by atoms with Gasteiger partial charge in [0, 0.05) is 37.8 Å². The zero-order valence-electron chi connectivity index (χ0n) is 27.9. The molecular weight excluding hydrogens is 536 g/mol. The Morgan fingerprint density at radius 3 is 2.27 bits per heavy atom. The van der Waals surface area contributed by atoms with Gasteiger partial charge in [-0.1, -0.05) is 84.4 Å². The Morgan fingerprint density at radius 1 is 1.00 bits per heavy atom. The topological polar surface area (TPSA) is 56.1 Å². The van der Waals surface area contributed by atoms with E-state index in [1.165, 1.54) is 54.5 Å². The summed E-state index contributed by atoms with van der Waals surface area (Å²) in [4.78, 5) is 7.19. The van der Waals surface area contributed by atoms with Crippen LogP contribution in [0.1, 0.15) is 88.7 Å². The standard InChI is InChI=1S/C33H35N3.C3H7.C2H6.C2H4.H3N/c1-5-6-11-27-18-19-29(35-20-8-7-9-21-35)22-31(27)28-16-14-26(15-17-28)23-36-25(4)34-32-13-10-12-30(24(2)3)33(32)36;1-3-2;2*1-2;/h2,10,12-14,16-19,22H,3-9,11,20-21,23H2,1H3;1,3H2,2H3;1-2H3;1-2H2;1H3. The minimum absolute atomic E-state index is 0. The van der Waals surface area contributed by atoms with Crippen molar-refractivity contribution in [2.24, 2.45) is 0 Å². The van der Waals surface area contributed by atoms with Gasteiger partial charge in [0.1, 0.15) is 5.82 Å². The number of aryl methyl sites for hydroxylation is 1. The number of hydrogen-bond donors (Lipinski definition) is 1. The van der Waals surface area contributed by atoms with Gasteiger partial charge < -0.3 is 15.6 Å². The minimum atomic E-state index is 0. The van der Waals surface area contributed by atoms with Crippen LogP contribution in [0.4, 0.5) is 5.69 Å². The lowest BCUT2D eigenvalue weighted by molar-refractivity contribution is 0.578. The van der Waals surface area contributed by atoms with E-state index in [0.717, 1.165) is 48.1 Å². The van der Waals surface area contributed by atoms with Crippen LogP contribution < -0.4 is 11.1 Å². The molecule has 44 heavy (non-hydrogen) atoms. The molecule has 0 unspecified atom stereocenters. The summed E-state index contributed by atoms with van der Waals surface area (Å²) in [7, 11) is 0. The first-order valence-corrected chi connectivity index (χ1v) is 15.9. The summed E-state index contributed by atoms with van der Waals surface area (Å²) in [5.74, 6) is 0.715. The highest BCUT2D eigenvalue weighted by Crippen LogP contribution is 2.32. The minimum Gasteiger partial charge on any atom is -0.372 e. The molecule has 4 heteroatoms. The maximum absolute atomic E-state index is 6.08. The van der Waals surface area contributed by atoms with Crippen molar-refractivity contribution in [3.8, 4) is 11.1 Å².